The molecule has 2 aromatic carbocycles. The maximum Gasteiger partial charge on any atom is 0.241 e. The lowest BCUT2D eigenvalue weighted by Gasteiger charge is -2.28. The molecule has 3 rings (SSSR count). The van der Waals surface area contributed by atoms with Crippen LogP contribution in [-0.2, 0) is 4.79 Å². The first-order valence-corrected chi connectivity index (χ1v) is 10.1. The molecular formula is C21H24BrFN2O3. The van der Waals surface area contributed by atoms with Crippen molar-refractivity contribution in [2.45, 2.75) is 32.9 Å². The van der Waals surface area contributed by atoms with Crippen LogP contribution in [0.1, 0.15) is 32.4 Å². The molecule has 0 bridgehead atoms. The summed E-state index contributed by atoms with van der Waals surface area (Å²) >= 11 is 3.21. The molecule has 1 aliphatic heterocycles. The Balaban J connectivity index is 1.72. The van der Waals surface area contributed by atoms with Gasteiger partial charge in [-0.3, -0.25) is 10.1 Å². The average molecular weight is 451 g/mol. The fourth-order valence-electron chi connectivity index (χ4n) is 3.10. The quantitative estimate of drug-likeness (QED) is 0.670. The van der Waals surface area contributed by atoms with E-state index in [1.54, 1.807) is 13.0 Å². The number of ether oxygens (including phenoxy) is 2. The van der Waals surface area contributed by atoms with Crippen LogP contribution in [0, 0.1) is 11.7 Å². The molecule has 0 saturated heterocycles. The third-order valence-electron chi connectivity index (χ3n) is 4.60. The number of hydrogen-bond acceptors (Lipinski definition) is 4. The molecule has 2 atom stereocenters. The summed E-state index contributed by atoms with van der Waals surface area (Å²) in [5.74, 6) is 0.882. The Morgan fingerprint density at radius 1 is 1.07 bits per heavy atom. The lowest BCUT2D eigenvalue weighted by Crippen LogP contribution is -2.42. The minimum atomic E-state index is -0.524. The lowest BCUT2D eigenvalue weighted by molar-refractivity contribution is -0.118. The van der Waals surface area contributed by atoms with Crippen LogP contribution < -0.4 is 20.1 Å². The van der Waals surface area contributed by atoms with E-state index in [1.165, 1.54) is 12.1 Å². The van der Waals surface area contributed by atoms with Crippen molar-refractivity contribution in [1.29, 1.82) is 0 Å². The molecule has 1 amide bonds. The van der Waals surface area contributed by atoms with Crippen molar-refractivity contribution >= 4 is 27.5 Å². The minimum Gasteiger partial charge on any atom is -0.486 e. The summed E-state index contributed by atoms with van der Waals surface area (Å²) in [4.78, 5) is 12.6. The number of amides is 1. The molecule has 28 heavy (non-hydrogen) atoms. The van der Waals surface area contributed by atoms with Crippen LogP contribution in [0.3, 0.4) is 0 Å². The van der Waals surface area contributed by atoms with Gasteiger partial charge in [0, 0.05) is 10.5 Å². The first kappa shape index (κ1) is 20.6. The molecule has 7 heteroatoms. The topological polar surface area (TPSA) is 59.6 Å². The Kier molecular flexibility index (Phi) is 6.57. The Labute approximate surface area is 172 Å². The summed E-state index contributed by atoms with van der Waals surface area (Å²) in [6, 6.07) is 9.75. The molecule has 0 unspecified atom stereocenters. The van der Waals surface area contributed by atoms with Gasteiger partial charge in [-0.05, 0) is 48.7 Å². The van der Waals surface area contributed by atoms with E-state index < -0.39 is 11.9 Å². The summed E-state index contributed by atoms with van der Waals surface area (Å²) < 4.78 is 25.9. The highest BCUT2D eigenvalue weighted by molar-refractivity contribution is 9.10. The van der Waals surface area contributed by atoms with Crippen molar-refractivity contribution in [2.75, 3.05) is 18.5 Å². The molecule has 1 aliphatic rings. The number of nitrogens with one attached hydrogen (secondary N) is 2. The smallest absolute Gasteiger partial charge is 0.241 e. The second-order valence-corrected chi connectivity index (χ2v) is 8.04. The molecule has 2 N–H and O–H groups in total. The van der Waals surface area contributed by atoms with Gasteiger partial charge in [-0.25, -0.2) is 4.39 Å². The minimum absolute atomic E-state index is 0.0775. The third kappa shape index (κ3) is 4.83. The standard InChI is InChI=1S/C21H24BrFN2O3/c1-12(2)20(14-4-7-18-19(10-14)28-9-8-27-18)24-13(3)21(26)25-17-6-5-15(22)11-16(17)23/h4-7,10-13,20,24H,8-9H2,1-3H3,(H,25,26)/t13-,20-/m1/s1. The zero-order valence-electron chi connectivity index (χ0n) is 16.1. The number of anilines is 1. The fraction of sp³-hybridized carbons (Fsp3) is 0.381. The number of hydrogen-bond donors (Lipinski definition) is 2. The lowest BCUT2D eigenvalue weighted by atomic mass is 9.94. The monoisotopic (exact) mass is 450 g/mol. The summed E-state index contributed by atoms with van der Waals surface area (Å²) in [5, 5.41) is 5.99. The van der Waals surface area contributed by atoms with Crippen molar-refractivity contribution in [3.05, 3.63) is 52.3 Å². The Hall–Kier alpha value is -2.12. The van der Waals surface area contributed by atoms with Crippen LogP contribution in [0.15, 0.2) is 40.9 Å². The second-order valence-electron chi connectivity index (χ2n) is 7.13. The van der Waals surface area contributed by atoms with Gasteiger partial charge in [-0.15, -0.1) is 0 Å². The molecule has 0 aromatic heterocycles. The van der Waals surface area contributed by atoms with Crippen molar-refractivity contribution in [1.82, 2.24) is 5.32 Å². The Morgan fingerprint density at radius 2 is 1.79 bits per heavy atom. The molecule has 0 spiro atoms. The van der Waals surface area contributed by atoms with Crippen LogP contribution in [-0.4, -0.2) is 25.2 Å². The van der Waals surface area contributed by atoms with Gasteiger partial charge in [0.05, 0.1) is 11.7 Å². The van der Waals surface area contributed by atoms with E-state index in [2.05, 4.69) is 40.4 Å². The zero-order valence-corrected chi connectivity index (χ0v) is 17.7. The maximum atomic E-state index is 14.0. The molecule has 150 valence electrons. The van der Waals surface area contributed by atoms with Crippen LogP contribution in [0.2, 0.25) is 0 Å². The highest BCUT2D eigenvalue weighted by atomic mass is 79.9. The van der Waals surface area contributed by atoms with Crippen molar-refractivity contribution in [3.63, 3.8) is 0 Å². The molecule has 0 fully saturated rings. The first-order valence-electron chi connectivity index (χ1n) is 9.26. The highest BCUT2D eigenvalue weighted by Crippen LogP contribution is 2.34. The van der Waals surface area contributed by atoms with Gasteiger partial charge in [0.15, 0.2) is 11.5 Å². The van der Waals surface area contributed by atoms with Crippen molar-refractivity contribution in [3.8, 4) is 11.5 Å². The predicted molar refractivity (Wildman–Crippen MR) is 110 cm³/mol. The Morgan fingerprint density at radius 3 is 2.46 bits per heavy atom. The van der Waals surface area contributed by atoms with E-state index in [4.69, 9.17) is 9.47 Å². The van der Waals surface area contributed by atoms with E-state index in [9.17, 15) is 9.18 Å². The van der Waals surface area contributed by atoms with Gasteiger partial charge in [-0.1, -0.05) is 35.8 Å². The summed E-state index contributed by atoms with van der Waals surface area (Å²) in [5.41, 5.74) is 1.16. The van der Waals surface area contributed by atoms with Crippen LogP contribution in [0.25, 0.3) is 0 Å². The van der Waals surface area contributed by atoms with Crippen molar-refractivity contribution in [2.24, 2.45) is 5.92 Å². The number of carbonyl (C=O) groups excluding carboxylic acids is 1. The largest absolute Gasteiger partial charge is 0.486 e. The molecule has 0 radical (unpaired) electrons. The zero-order chi connectivity index (χ0) is 20.3. The molecular weight excluding hydrogens is 427 g/mol. The van der Waals surface area contributed by atoms with Crippen LogP contribution in [0.5, 0.6) is 11.5 Å². The summed E-state index contributed by atoms with van der Waals surface area (Å²) in [6.45, 7) is 6.98. The number of halogens is 2. The number of benzene rings is 2. The molecule has 0 saturated carbocycles. The number of fused-ring (bicyclic) bond motifs is 1. The molecule has 5 nitrogen and oxygen atoms in total. The average Bonchev–Trinajstić information content (AvgIpc) is 2.67. The maximum absolute atomic E-state index is 14.0. The van der Waals surface area contributed by atoms with Gasteiger partial charge >= 0.3 is 0 Å². The van der Waals surface area contributed by atoms with Crippen molar-refractivity contribution < 1.29 is 18.7 Å². The number of carbonyl (C=O) groups is 1. The van der Waals surface area contributed by atoms with E-state index >= 15 is 0 Å². The summed E-state index contributed by atoms with van der Waals surface area (Å²) in [7, 11) is 0. The highest BCUT2D eigenvalue weighted by Gasteiger charge is 2.24. The van der Waals surface area contributed by atoms with Crippen LogP contribution in [0.4, 0.5) is 10.1 Å². The predicted octanol–water partition coefficient (Wildman–Crippen LogP) is 4.67. The normalized spacial score (nSPS) is 15.2. The van der Waals surface area contributed by atoms with E-state index in [-0.39, 0.29) is 23.6 Å². The van der Waals surface area contributed by atoms with E-state index in [0.29, 0.717) is 23.4 Å². The fourth-order valence-corrected chi connectivity index (χ4v) is 3.44. The van der Waals surface area contributed by atoms with E-state index in [0.717, 1.165) is 11.3 Å². The van der Waals surface area contributed by atoms with Gasteiger partial charge in [0.2, 0.25) is 5.91 Å². The molecule has 2 aromatic rings. The van der Waals surface area contributed by atoms with Gasteiger partial charge < -0.3 is 14.8 Å². The summed E-state index contributed by atoms with van der Waals surface area (Å²) in [6.07, 6.45) is 0. The number of rotatable bonds is 6. The molecule has 0 aliphatic carbocycles. The van der Waals surface area contributed by atoms with Gasteiger partial charge in [-0.2, -0.15) is 0 Å². The SMILES string of the molecule is CC(C)[C@@H](N[C@H](C)C(=O)Nc1ccc(Br)cc1F)c1ccc2c(c1)OCCO2. The first-order chi connectivity index (χ1) is 13.3. The molecule has 1 heterocycles. The van der Waals surface area contributed by atoms with Crippen LogP contribution >= 0.6 is 15.9 Å². The van der Waals surface area contributed by atoms with E-state index in [1.807, 2.05) is 18.2 Å². The Bertz CT molecular complexity index is 860. The second kappa shape index (κ2) is 8.92. The van der Waals surface area contributed by atoms with Gasteiger partial charge in [0.25, 0.3) is 0 Å². The van der Waals surface area contributed by atoms with Gasteiger partial charge in [0.1, 0.15) is 19.0 Å². The third-order valence-corrected chi connectivity index (χ3v) is 5.10.